The van der Waals surface area contributed by atoms with Crippen molar-refractivity contribution in [2.75, 3.05) is 13.2 Å². The van der Waals surface area contributed by atoms with Crippen molar-refractivity contribution in [3.05, 3.63) is 28.9 Å². The normalized spacial score (nSPS) is 19.0. The molecule has 1 aromatic carbocycles. The third kappa shape index (κ3) is 2.63. The van der Waals surface area contributed by atoms with E-state index in [4.69, 9.17) is 16.3 Å². The summed E-state index contributed by atoms with van der Waals surface area (Å²) in [6.07, 6.45) is 0.0274. The maximum absolute atomic E-state index is 14.6. The molecule has 1 saturated heterocycles. The van der Waals surface area contributed by atoms with Crippen LogP contribution >= 0.6 is 11.6 Å². The SMILES string of the molecule is OC(c1cc(Cl)cc2cn[nH]c12)C(F)(F)C1CCOCC1. The Labute approximate surface area is 125 Å². The molecule has 2 aromatic rings. The monoisotopic (exact) mass is 316 g/mol. The van der Waals surface area contributed by atoms with E-state index >= 15 is 0 Å². The van der Waals surface area contributed by atoms with Crippen LogP contribution in [0, 0.1) is 5.92 Å². The van der Waals surface area contributed by atoms with Crippen LogP contribution < -0.4 is 0 Å². The maximum atomic E-state index is 14.6. The summed E-state index contributed by atoms with van der Waals surface area (Å²) >= 11 is 5.94. The fraction of sp³-hybridized carbons (Fsp3) is 0.500. The van der Waals surface area contributed by atoms with Crippen LogP contribution in [0.15, 0.2) is 18.3 Å². The highest BCUT2D eigenvalue weighted by atomic mass is 35.5. The van der Waals surface area contributed by atoms with Gasteiger partial charge in [0.1, 0.15) is 6.10 Å². The van der Waals surface area contributed by atoms with E-state index in [1.807, 2.05) is 0 Å². The van der Waals surface area contributed by atoms with E-state index in [0.717, 1.165) is 0 Å². The number of alkyl halides is 2. The zero-order chi connectivity index (χ0) is 15.0. The number of aliphatic hydroxyl groups excluding tert-OH is 1. The number of ether oxygens (including phenoxy) is 1. The predicted molar refractivity (Wildman–Crippen MR) is 74.6 cm³/mol. The second-order valence-electron chi connectivity index (χ2n) is 5.29. The van der Waals surface area contributed by atoms with E-state index in [1.54, 1.807) is 6.07 Å². The summed E-state index contributed by atoms with van der Waals surface area (Å²) in [5, 5.41) is 17.6. The highest BCUT2D eigenvalue weighted by molar-refractivity contribution is 6.31. The highest BCUT2D eigenvalue weighted by Crippen LogP contribution is 2.43. The van der Waals surface area contributed by atoms with Crippen LogP contribution in [0.3, 0.4) is 0 Å². The van der Waals surface area contributed by atoms with E-state index < -0.39 is 17.9 Å². The summed E-state index contributed by atoms with van der Waals surface area (Å²) in [6, 6.07) is 2.98. The van der Waals surface area contributed by atoms with Gasteiger partial charge in [0.05, 0.1) is 11.7 Å². The van der Waals surface area contributed by atoms with Gasteiger partial charge in [0.25, 0.3) is 5.92 Å². The lowest BCUT2D eigenvalue weighted by Crippen LogP contribution is -2.38. The van der Waals surface area contributed by atoms with Crippen molar-refractivity contribution in [1.29, 1.82) is 0 Å². The van der Waals surface area contributed by atoms with Gasteiger partial charge in [-0.05, 0) is 25.0 Å². The van der Waals surface area contributed by atoms with Crippen LogP contribution in [0.1, 0.15) is 24.5 Å². The van der Waals surface area contributed by atoms with Crippen LogP contribution in [0.4, 0.5) is 8.78 Å². The fourth-order valence-electron chi connectivity index (χ4n) is 2.78. The summed E-state index contributed by atoms with van der Waals surface area (Å²) in [7, 11) is 0. The molecule has 1 aliphatic rings. The van der Waals surface area contributed by atoms with Gasteiger partial charge < -0.3 is 9.84 Å². The summed E-state index contributed by atoms with van der Waals surface area (Å²) in [6.45, 7) is 0.587. The quantitative estimate of drug-likeness (QED) is 0.913. The summed E-state index contributed by atoms with van der Waals surface area (Å²) < 4.78 is 34.2. The molecular weight excluding hydrogens is 302 g/mol. The van der Waals surface area contributed by atoms with E-state index in [0.29, 0.717) is 29.1 Å². The molecule has 1 unspecified atom stereocenters. The molecule has 0 amide bonds. The van der Waals surface area contributed by atoms with E-state index in [2.05, 4.69) is 10.2 Å². The van der Waals surface area contributed by atoms with Gasteiger partial charge >= 0.3 is 0 Å². The van der Waals surface area contributed by atoms with E-state index in [1.165, 1.54) is 12.3 Å². The molecule has 3 rings (SSSR count). The number of fused-ring (bicyclic) bond motifs is 1. The lowest BCUT2D eigenvalue weighted by Gasteiger charge is -2.33. The minimum absolute atomic E-state index is 0.0755. The number of aromatic nitrogens is 2. The first-order valence-corrected chi connectivity index (χ1v) is 7.14. The van der Waals surface area contributed by atoms with Crippen LogP contribution in [-0.4, -0.2) is 34.4 Å². The molecular formula is C14H15ClF2N2O2. The Bertz CT molecular complexity index is 641. The van der Waals surface area contributed by atoms with Crippen LogP contribution in [0.5, 0.6) is 0 Å². The molecule has 21 heavy (non-hydrogen) atoms. The van der Waals surface area contributed by atoms with Gasteiger partial charge in [-0.2, -0.15) is 5.10 Å². The highest BCUT2D eigenvalue weighted by Gasteiger charge is 2.48. The molecule has 0 saturated carbocycles. The van der Waals surface area contributed by atoms with Gasteiger partial charge in [0.2, 0.25) is 0 Å². The maximum Gasteiger partial charge on any atom is 0.280 e. The van der Waals surface area contributed by atoms with Gasteiger partial charge in [-0.1, -0.05) is 11.6 Å². The average Bonchev–Trinajstić information content (AvgIpc) is 2.94. The Kier molecular flexibility index (Phi) is 3.86. The minimum atomic E-state index is -3.24. The van der Waals surface area contributed by atoms with Gasteiger partial charge in [0, 0.05) is 35.1 Å². The topological polar surface area (TPSA) is 58.1 Å². The molecule has 114 valence electrons. The molecule has 0 bridgehead atoms. The molecule has 1 atom stereocenters. The van der Waals surface area contributed by atoms with Crippen molar-refractivity contribution in [3.8, 4) is 0 Å². The number of halogens is 3. The molecule has 2 heterocycles. The van der Waals surface area contributed by atoms with Gasteiger partial charge in [-0.25, -0.2) is 8.78 Å². The summed E-state index contributed by atoms with van der Waals surface area (Å²) in [5.74, 6) is -4.15. The second-order valence-corrected chi connectivity index (χ2v) is 5.73. The molecule has 4 nitrogen and oxygen atoms in total. The number of aliphatic hydroxyl groups is 1. The van der Waals surface area contributed by atoms with Crippen molar-refractivity contribution in [2.24, 2.45) is 5.92 Å². The zero-order valence-corrected chi connectivity index (χ0v) is 11.9. The van der Waals surface area contributed by atoms with Gasteiger partial charge in [-0.15, -0.1) is 0 Å². The Hall–Kier alpha value is -1.24. The average molecular weight is 317 g/mol. The van der Waals surface area contributed by atoms with E-state index in [9.17, 15) is 13.9 Å². The molecule has 1 aromatic heterocycles. The summed E-state index contributed by atoms with van der Waals surface area (Å²) in [4.78, 5) is 0. The predicted octanol–water partition coefficient (Wildman–Crippen LogP) is 3.31. The number of nitrogens with one attached hydrogen (secondary N) is 1. The molecule has 0 aliphatic carbocycles. The van der Waals surface area contributed by atoms with Crippen molar-refractivity contribution >= 4 is 22.5 Å². The number of aromatic amines is 1. The smallest absolute Gasteiger partial charge is 0.280 e. The molecule has 0 spiro atoms. The van der Waals surface area contributed by atoms with Gasteiger partial charge in [-0.3, -0.25) is 5.10 Å². The molecule has 0 radical (unpaired) electrons. The van der Waals surface area contributed by atoms with Gasteiger partial charge in [0.15, 0.2) is 0 Å². The third-order valence-corrected chi connectivity index (χ3v) is 4.19. The largest absolute Gasteiger partial charge is 0.382 e. The number of hydrogen-bond donors (Lipinski definition) is 2. The lowest BCUT2D eigenvalue weighted by molar-refractivity contribution is -0.168. The molecule has 1 fully saturated rings. The standard InChI is InChI=1S/C14H15ClF2N2O2/c15-10-5-8-7-18-19-12(8)11(6-10)13(20)14(16,17)9-1-3-21-4-2-9/h5-7,9,13,20H,1-4H2,(H,18,19). The van der Waals surface area contributed by atoms with Crippen molar-refractivity contribution in [2.45, 2.75) is 24.9 Å². The first-order chi connectivity index (χ1) is 10.00. The fourth-order valence-corrected chi connectivity index (χ4v) is 3.01. The molecule has 7 heteroatoms. The van der Waals surface area contributed by atoms with Crippen molar-refractivity contribution in [3.63, 3.8) is 0 Å². The second kappa shape index (κ2) is 5.51. The Morgan fingerprint density at radius 2 is 2.10 bits per heavy atom. The van der Waals surface area contributed by atoms with Crippen molar-refractivity contribution < 1.29 is 18.6 Å². The lowest BCUT2D eigenvalue weighted by atomic mass is 9.86. The van der Waals surface area contributed by atoms with E-state index in [-0.39, 0.29) is 18.4 Å². The number of H-pyrrole nitrogens is 1. The summed E-state index contributed by atoms with van der Waals surface area (Å²) in [5.41, 5.74) is 0.463. The van der Waals surface area contributed by atoms with Crippen LogP contribution in [0.2, 0.25) is 5.02 Å². The zero-order valence-electron chi connectivity index (χ0n) is 11.2. The number of rotatable bonds is 3. The molecule has 2 N–H and O–H groups in total. The number of benzene rings is 1. The van der Waals surface area contributed by atoms with Crippen molar-refractivity contribution in [1.82, 2.24) is 10.2 Å². The number of hydrogen-bond acceptors (Lipinski definition) is 3. The third-order valence-electron chi connectivity index (χ3n) is 3.97. The Morgan fingerprint density at radius 1 is 1.38 bits per heavy atom. The first-order valence-electron chi connectivity index (χ1n) is 6.76. The number of nitrogens with zero attached hydrogens (tertiary/aromatic N) is 1. The minimum Gasteiger partial charge on any atom is -0.382 e. The Morgan fingerprint density at radius 3 is 2.81 bits per heavy atom. The van der Waals surface area contributed by atoms with Crippen LogP contribution in [0.25, 0.3) is 10.9 Å². The Balaban J connectivity index is 1.98. The molecule has 1 aliphatic heterocycles. The van der Waals surface area contributed by atoms with Crippen LogP contribution in [-0.2, 0) is 4.74 Å². The first kappa shape index (κ1) is 14.7.